The summed E-state index contributed by atoms with van der Waals surface area (Å²) in [5.41, 5.74) is 4.28. The lowest BCUT2D eigenvalue weighted by Crippen LogP contribution is -2.42. The van der Waals surface area contributed by atoms with Crippen molar-refractivity contribution in [3.63, 3.8) is 0 Å². The van der Waals surface area contributed by atoms with Gasteiger partial charge in [0.15, 0.2) is 23.0 Å². The molecule has 0 aliphatic carbocycles. The van der Waals surface area contributed by atoms with Gasteiger partial charge in [0.1, 0.15) is 13.2 Å². The number of benzene rings is 3. The maximum atomic E-state index is 12.4. The van der Waals surface area contributed by atoms with Crippen LogP contribution in [-0.4, -0.2) is 31.9 Å². The van der Waals surface area contributed by atoms with Gasteiger partial charge in [-0.3, -0.25) is 4.79 Å². The summed E-state index contributed by atoms with van der Waals surface area (Å²) in [5, 5.41) is 4.03. The van der Waals surface area contributed by atoms with Crippen molar-refractivity contribution in [1.82, 2.24) is 5.43 Å². The van der Waals surface area contributed by atoms with E-state index in [2.05, 4.69) is 10.5 Å². The molecule has 1 amide bonds. The maximum Gasteiger partial charge on any atom is 0.284 e. The van der Waals surface area contributed by atoms with E-state index >= 15 is 0 Å². The number of para-hydroxylation sites is 2. The lowest BCUT2D eigenvalue weighted by Gasteiger charge is -2.24. The van der Waals surface area contributed by atoms with Crippen LogP contribution in [0.15, 0.2) is 77.9 Å². The summed E-state index contributed by atoms with van der Waals surface area (Å²) in [6.07, 6.45) is 0.761. The van der Waals surface area contributed by atoms with Gasteiger partial charge >= 0.3 is 0 Å². The fourth-order valence-electron chi connectivity index (χ4n) is 3.01. The fraction of sp³-hybridized carbons (Fsp3) is 0.167. The predicted octanol–water partition coefficient (Wildman–Crippen LogP) is 3.56. The first-order valence-electron chi connectivity index (χ1n) is 9.79. The number of fused-ring (bicyclic) bond motifs is 1. The summed E-state index contributed by atoms with van der Waals surface area (Å²) in [6, 6.07) is 22.5. The summed E-state index contributed by atoms with van der Waals surface area (Å²) in [5.74, 6) is 1.97. The highest BCUT2D eigenvalue weighted by molar-refractivity contribution is 5.85. The molecule has 3 aromatic rings. The molecule has 158 valence electrons. The Kier molecular flexibility index (Phi) is 6.32. The lowest BCUT2D eigenvalue weighted by atomic mass is 10.2. The van der Waals surface area contributed by atoms with Crippen LogP contribution in [0.1, 0.15) is 11.1 Å². The molecule has 1 aliphatic rings. The molecule has 0 fully saturated rings. The highest BCUT2D eigenvalue weighted by atomic mass is 16.6. The van der Waals surface area contributed by atoms with Crippen LogP contribution in [0.2, 0.25) is 0 Å². The number of nitrogens with zero attached hydrogens (tertiary/aromatic N) is 1. The quantitative estimate of drug-likeness (QED) is 0.469. The predicted molar refractivity (Wildman–Crippen MR) is 116 cm³/mol. The minimum atomic E-state index is -0.771. The number of hydrogen-bond donors (Lipinski definition) is 1. The van der Waals surface area contributed by atoms with Crippen LogP contribution in [0.5, 0.6) is 23.0 Å². The van der Waals surface area contributed by atoms with Gasteiger partial charge in [-0.1, -0.05) is 42.5 Å². The Bertz CT molecular complexity index is 1070. The van der Waals surface area contributed by atoms with Crippen LogP contribution in [-0.2, 0) is 11.4 Å². The molecule has 7 heteroatoms. The number of nitrogens with one attached hydrogen (secondary N) is 1. The molecule has 7 nitrogen and oxygen atoms in total. The van der Waals surface area contributed by atoms with Crippen LogP contribution >= 0.6 is 0 Å². The number of carbonyl (C=O) groups excluding carboxylic acids is 1. The number of rotatable bonds is 7. The number of hydrogen-bond acceptors (Lipinski definition) is 6. The molecular weight excluding hydrogens is 396 g/mol. The van der Waals surface area contributed by atoms with Gasteiger partial charge in [-0.25, -0.2) is 5.43 Å². The van der Waals surface area contributed by atoms with E-state index in [1.165, 1.54) is 6.21 Å². The summed E-state index contributed by atoms with van der Waals surface area (Å²) in [6.45, 7) is 0.535. The molecule has 0 spiro atoms. The molecule has 0 saturated heterocycles. The molecule has 3 aromatic carbocycles. The van der Waals surface area contributed by atoms with E-state index in [4.69, 9.17) is 18.9 Å². The molecule has 0 saturated carbocycles. The highest BCUT2D eigenvalue weighted by Crippen LogP contribution is 2.31. The largest absolute Gasteiger partial charge is 0.493 e. The van der Waals surface area contributed by atoms with Gasteiger partial charge in [-0.05, 0) is 41.5 Å². The second-order valence-electron chi connectivity index (χ2n) is 6.78. The summed E-state index contributed by atoms with van der Waals surface area (Å²) < 4.78 is 22.5. The summed E-state index contributed by atoms with van der Waals surface area (Å²) in [7, 11) is 1.59. The molecular formula is C24H22N2O5. The van der Waals surface area contributed by atoms with Gasteiger partial charge in [0.2, 0.25) is 6.10 Å². The van der Waals surface area contributed by atoms with Crippen molar-refractivity contribution >= 4 is 12.1 Å². The van der Waals surface area contributed by atoms with Crippen molar-refractivity contribution in [2.24, 2.45) is 5.10 Å². The minimum Gasteiger partial charge on any atom is -0.493 e. The van der Waals surface area contributed by atoms with E-state index in [1.54, 1.807) is 31.4 Å². The second kappa shape index (κ2) is 9.67. The number of amides is 1. The lowest BCUT2D eigenvalue weighted by molar-refractivity contribution is -0.130. The van der Waals surface area contributed by atoms with Gasteiger partial charge < -0.3 is 18.9 Å². The molecule has 4 rings (SSSR count). The number of carbonyl (C=O) groups is 1. The standard InChI is InChI=1S/C24H22N2O5/c1-28-19-12-11-18(13-22(19)29-15-17-7-3-2-4-8-17)14-25-26-24(27)23-16-30-20-9-5-6-10-21(20)31-23/h2-14,23H,15-16H2,1H3,(H,26,27)/b25-14-/t23-/m0/s1. The first-order valence-corrected chi connectivity index (χ1v) is 9.79. The third-order valence-corrected chi connectivity index (χ3v) is 4.61. The molecule has 0 unspecified atom stereocenters. The first-order chi connectivity index (χ1) is 15.2. The van der Waals surface area contributed by atoms with Crippen molar-refractivity contribution in [3.05, 3.63) is 83.9 Å². The van der Waals surface area contributed by atoms with E-state index in [9.17, 15) is 4.79 Å². The topological polar surface area (TPSA) is 78.4 Å². The average Bonchev–Trinajstić information content (AvgIpc) is 2.83. The molecule has 31 heavy (non-hydrogen) atoms. The Morgan fingerprint density at radius 1 is 1.06 bits per heavy atom. The zero-order valence-corrected chi connectivity index (χ0v) is 17.0. The highest BCUT2D eigenvalue weighted by Gasteiger charge is 2.26. The third-order valence-electron chi connectivity index (χ3n) is 4.61. The van der Waals surface area contributed by atoms with E-state index in [1.807, 2.05) is 48.5 Å². The molecule has 1 N–H and O–H groups in total. The minimum absolute atomic E-state index is 0.123. The van der Waals surface area contributed by atoms with Gasteiger partial charge in [0.25, 0.3) is 5.91 Å². The van der Waals surface area contributed by atoms with E-state index in [0.29, 0.717) is 29.6 Å². The normalized spacial score (nSPS) is 14.8. The van der Waals surface area contributed by atoms with Gasteiger partial charge in [0, 0.05) is 0 Å². The van der Waals surface area contributed by atoms with Crippen molar-refractivity contribution < 1.29 is 23.7 Å². The van der Waals surface area contributed by atoms with Crippen molar-refractivity contribution in [1.29, 1.82) is 0 Å². The third kappa shape index (κ3) is 5.14. The number of hydrazone groups is 1. The van der Waals surface area contributed by atoms with Crippen molar-refractivity contribution in [2.75, 3.05) is 13.7 Å². The van der Waals surface area contributed by atoms with Crippen LogP contribution in [0.3, 0.4) is 0 Å². The zero-order chi connectivity index (χ0) is 21.5. The first kappa shape index (κ1) is 20.3. The molecule has 1 heterocycles. The van der Waals surface area contributed by atoms with E-state index in [-0.39, 0.29) is 12.5 Å². The smallest absolute Gasteiger partial charge is 0.284 e. The fourth-order valence-corrected chi connectivity index (χ4v) is 3.01. The van der Waals surface area contributed by atoms with Crippen LogP contribution in [0.4, 0.5) is 0 Å². The van der Waals surface area contributed by atoms with Gasteiger partial charge in [0.05, 0.1) is 13.3 Å². The van der Waals surface area contributed by atoms with E-state index in [0.717, 1.165) is 11.1 Å². The molecule has 0 radical (unpaired) electrons. The molecule has 1 aliphatic heterocycles. The monoisotopic (exact) mass is 418 g/mol. The van der Waals surface area contributed by atoms with Crippen molar-refractivity contribution in [3.8, 4) is 23.0 Å². The summed E-state index contributed by atoms with van der Waals surface area (Å²) >= 11 is 0. The molecule has 0 aromatic heterocycles. The average molecular weight is 418 g/mol. The van der Waals surface area contributed by atoms with Crippen LogP contribution in [0.25, 0.3) is 0 Å². The number of methoxy groups -OCH3 is 1. The van der Waals surface area contributed by atoms with Crippen molar-refractivity contribution in [2.45, 2.75) is 12.7 Å². The van der Waals surface area contributed by atoms with Gasteiger partial charge in [-0.2, -0.15) is 5.10 Å². The van der Waals surface area contributed by atoms with E-state index < -0.39 is 6.10 Å². The Labute approximate surface area is 180 Å². The Hall–Kier alpha value is -4.00. The zero-order valence-electron chi connectivity index (χ0n) is 17.0. The Balaban J connectivity index is 1.36. The number of ether oxygens (including phenoxy) is 4. The van der Waals surface area contributed by atoms with Crippen LogP contribution in [0, 0.1) is 0 Å². The maximum absolute atomic E-state index is 12.4. The SMILES string of the molecule is COc1ccc(/C=N\NC(=O)[C@@H]2COc3ccccc3O2)cc1OCc1ccccc1. The second-order valence-corrected chi connectivity index (χ2v) is 6.78. The summed E-state index contributed by atoms with van der Waals surface area (Å²) in [4.78, 5) is 12.4. The molecule has 1 atom stereocenters. The molecule has 0 bridgehead atoms. The van der Waals surface area contributed by atoms with Gasteiger partial charge in [-0.15, -0.1) is 0 Å². The Morgan fingerprint density at radius 3 is 2.65 bits per heavy atom. The van der Waals surface area contributed by atoms with Crippen LogP contribution < -0.4 is 24.4 Å². The Morgan fingerprint density at radius 2 is 1.84 bits per heavy atom.